The molecule has 1 aromatic heterocycles. The van der Waals surface area contributed by atoms with Gasteiger partial charge >= 0.3 is 0 Å². The van der Waals surface area contributed by atoms with E-state index in [0.717, 1.165) is 19.6 Å². The first-order valence-corrected chi connectivity index (χ1v) is 7.69. The zero-order chi connectivity index (χ0) is 13.8. The molecule has 0 saturated carbocycles. The van der Waals surface area contributed by atoms with Gasteiger partial charge in [-0.1, -0.05) is 25.5 Å². The molecule has 0 bridgehead atoms. The number of fused-ring (bicyclic) bond motifs is 1. The molecule has 3 nitrogen and oxygen atoms in total. The Morgan fingerprint density at radius 1 is 1.35 bits per heavy atom. The normalized spacial score (nSPS) is 20.1. The van der Waals surface area contributed by atoms with E-state index in [-0.39, 0.29) is 0 Å². The SMILES string of the molecule is CCCC1CN(c2cccc3cnccc23)CCCN1. The zero-order valence-corrected chi connectivity index (χ0v) is 12.2. The van der Waals surface area contributed by atoms with E-state index in [1.807, 2.05) is 12.4 Å². The maximum Gasteiger partial charge on any atom is 0.0447 e. The van der Waals surface area contributed by atoms with E-state index in [1.165, 1.54) is 35.7 Å². The lowest BCUT2D eigenvalue weighted by atomic mass is 10.1. The van der Waals surface area contributed by atoms with E-state index in [4.69, 9.17) is 0 Å². The summed E-state index contributed by atoms with van der Waals surface area (Å²) in [5.41, 5.74) is 1.36. The van der Waals surface area contributed by atoms with Crippen molar-refractivity contribution >= 4 is 16.5 Å². The molecular weight excluding hydrogens is 246 g/mol. The van der Waals surface area contributed by atoms with Crippen LogP contribution < -0.4 is 10.2 Å². The minimum Gasteiger partial charge on any atom is -0.369 e. The summed E-state index contributed by atoms with van der Waals surface area (Å²) in [5.74, 6) is 0. The molecule has 0 amide bonds. The molecule has 3 rings (SSSR count). The maximum absolute atomic E-state index is 4.23. The number of nitrogens with one attached hydrogen (secondary N) is 1. The van der Waals surface area contributed by atoms with Gasteiger partial charge in [-0.25, -0.2) is 0 Å². The predicted octanol–water partition coefficient (Wildman–Crippen LogP) is 3.20. The molecule has 3 heteroatoms. The van der Waals surface area contributed by atoms with Crippen LogP contribution in [0, 0.1) is 0 Å². The largest absolute Gasteiger partial charge is 0.369 e. The number of hydrogen-bond donors (Lipinski definition) is 1. The van der Waals surface area contributed by atoms with Crippen molar-refractivity contribution in [2.24, 2.45) is 0 Å². The second-order valence-electron chi connectivity index (χ2n) is 5.61. The van der Waals surface area contributed by atoms with Gasteiger partial charge in [0.05, 0.1) is 0 Å². The quantitative estimate of drug-likeness (QED) is 0.927. The summed E-state index contributed by atoms with van der Waals surface area (Å²) in [6.45, 7) is 5.64. The van der Waals surface area contributed by atoms with Gasteiger partial charge in [0.15, 0.2) is 0 Å². The number of rotatable bonds is 3. The molecule has 2 aromatic rings. The van der Waals surface area contributed by atoms with Crippen LogP contribution >= 0.6 is 0 Å². The van der Waals surface area contributed by atoms with Gasteiger partial charge in [-0.2, -0.15) is 0 Å². The molecule has 106 valence electrons. The first kappa shape index (κ1) is 13.4. The number of hydrogen-bond acceptors (Lipinski definition) is 3. The third kappa shape index (κ3) is 2.78. The molecule has 0 aliphatic carbocycles. The summed E-state index contributed by atoms with van der Waals surface area (Å²) in [6, 6.07) is 9.28. The first-order chi connectivity index (χ1) is 9.88. The van der Waals surface area contributed by atoms with Crippen molar-refractivity contribution in [3.05, 3.63) is 36.7 Å². The minimum atomic E-state index is 0.611. The van der Waals surface area contributed by atoms with Crippen LogP contribution in [0.2, 0.25) is 0 Å². The predicted molar refractivity (Wildman–Crippen MR) is 85.3 cm³/mol. The molecule has 1 unspecified atom stereocenters. The fourth-order valence-electron chi connectivity index (χ4n) is 3.14. The maximum atomic E-state index is 4.23. The molecule has 1 fully saturated rings. The van der Waals surface area contributed by atoms with Gasteiger partial charge < -0.3 is 10.2 Å². The zero-order valence-electron chi connectivity index (χ0n) is 12.2. The molecule has 0 radical (unpaired) electrons. The molecule has 1 aliphatic rings. The molecule has 1 saturated heterocycles. The van der Waals surface area contributed by atoms with Gasteiger partial charge in [0.1, 0.15) is 0 Å². The summed E-state index contributed by atoms with van der Waals surface area (Å²) in [7, 11) is 0. The Kier molecular flexibility index (Phi) is 4.16. The Morgan fingerprint density at radius 3 is 3.20 bits per heavy atom. The molecule has 1 N–H and O–H groups in total. The van der Waals surface area contributed by atoms with Crippen molar-refractivity contribution in [3.63, 3.8) is 0 Å². The highest BCUT2D eigenvalue weighted by Crippen LogP contribution is 2.27. The molecule has 1 atom stereocenters. The summed E-state index contributed by atoms with van der Waals surface area (Å²) < 4.78 is 0. The van der Waals surface area contributed by atoms with Crippen molar-refractivity contribution in [1.82, 2.24) is 10.3 Å². The number of anilines is 1. The van der Waals surface area contributed by atoms with E-state index in [0.29, 0.717) is 6.04 Å². The van der Waals surface area contributed by atoms with Crippen molar-refractivity contribution < 1.29 is 0 Å². The van der Waals surface area contributed by atoms with Crippen LogP contribution in [-0.2, 0) is 0 Å². The fraction of sp³-hybridized carbons (Fsp3) is 0.471. The Morgan fingerprint density at radius 2 is 2.30 bits per heavy atom. The lowest BCUT2D eigenvalue weighted by Crippen LogP contribution is -2.37. The second-order valence-corrected chi connectivity index (χ2v) is 5.61. The van der Waals surface area contributed by atoms with Gasteiger partial charge in [0.25, 0.3) is 0 Å². The summed E-state index contributed by atoms with van der Waals surface area (Å²) in [4.78, 5) is 6.78. The standard InChI is InChI=1S/C17H23N3/c1-2-5-15-13-20(11-4-9-19-15)17-7-3-6-14-12-18-10-8-16(14)17/h3,6-8,10,12,15,19H,2,4-5,9,11,13H2,1H3. The highest BCUT2D eigenvalue weighted by molar-refractivity contribution is 5.93. The Labute approximate surface area is 121 Å². The summed E-state index contributed by atoms with van der Waals surface area (Å²) >= 11 is 0. The molecule has 0 spiro atoms. The first-order valence-electron chi connectivity index (χ1n) is 7.69. The molecule has 20 heavy (non-hydrogen) atoms. The van der Waals surface area contributed by atoms with Gasteiger partial charge in [-0.3, -0.25) is 4.98 Å². The van der Waals surface area contributed by atoms with Gasteiger partial charge in [-0.05, 0) is 31.5 Å². The average molecular weight is 269 g/mol. The minimum absolute atomic E-state index is 0.611. The van der Waals surface area contributed by atoms with Crippen molar-refractivity contribution in [1.29, 1.82) is 0 Å². The lowest BCUT2D eigenvalue weighted by molar-refractivity contribution is 0.503. The van der Waals surface area contributed by atoms with E-state index < -0.39 is 0 Å². The van der Waals surface area contributed by atoms with Crippen LogP contribution in [0.3, 0.4) is 0 Å². The smallest absolute Gasteiger partial charge is 0.0447 e. The summed E-state index contributed by atoms with van der Waals surface area (Å²) in [5, 5.41) is 6.23. The van der Waals surface area contributed by atoms with Gasteiger partial charge in [-0.15, -0.1) is 0 Å². The molecule has 2 heterocycles. The molecule has 1 aromatic carbocycles. The van der Waals surface area contributed by atoms with Crippen molar-refractivity contribution in [3.8, 4) is 0 Å². The summed E-state index contributed by atoms with van der Waals surface area (Å²) in [6.07, 6.45) is 7.55. The van der Waals surface area contributed by atoms with Crippen LogP contribution in [0.25, 0.3) is 10.8 Å². The Bertz CT molecular complexity index is 562. The Hall–Kier alpha value is -1.61. The van der Waals surface area contributed by atoms with E-state index in [2.05, 4.69) is 46.4 Å². The number of benzene rings is 1. The number of aromatic nitrogens is 1. The highest BCUT2D eigenvalue weighted by atomic mass is 15.2. The average Bonchev–Trinajstić information content (AvgIpc) is 2.73. The van der Waals surface area contributed by atoms with Crippen LogP contribution in [0.5, 0.6) is 0 Å². The van der Waals surface area contributed by atoms with Crippen LogP contribution in [0.4, 0.5) is 5.69 Å². The Balaban J connectivity index is 1.92. The van der Waals surface area contributed by atoms with Crippen molar-refractivity contribution in [2.45, 2.75) is 32.2 Å². The van der Waals surface area contributed by atoms with Crippen LogP contribution in [0.15, 0.2) is 36.7 Å². The van der Waals surface area contributed by atoms with Crippen LogP contribution in [-0.4, -0.2) is 30.7 Å². The van der Waals surface area contributed by atoms with E-state index in [1.54, 1.807) is 0 Å². The third-order valence-corrected chi connectivity index (χ3v) is 4.11. The topological polar surface area (TPSA) is 28.2 Å². The molecule has 1 aliphatic heterocycles. The molecular formula is C17H23N3. The van der Waals surface area contributed by atoms with Crippen LogP contribution in [0.1, 0.15) is 26.2 Å². The number of pyridine rings is 1. The third-order valence-electron chi connectivity index (χ3n) is 4.11. The second kappa shape index (κ2) is 6.23. The highest BCUT2D eigenvalue weighted by Gasteiger charge is 2.18. The fourth-order valence-corrected chi connectivity index (χ4v) is 3.14. The van der Waals surface area contributed by atoms with E-state index >= 15 is 0 Å². The van der Waals surface area contributed by atoms with Gasteiger partial charge in [0.2, 0.25) is 0 Å². The number of nitrogens with zero attached hydrogens (tertiary/aromatic N) is 2. The van der Waals surface area contributed by atoms with Crippen molar-refractivity contribution in [2.75, 3.05) is 24.5 Å². The monoisotopic (exact) mass is 269 g/mol. The lowest BCUT2D eigenvalue weighted by Gasteiger charge is -2.27. The van der Waals surface area contributed by atoms with Gasteiger partial charge in [0, 0.05) is 48.0 Å². The van der Waals surface area contributed by atoms with E-state index in [9.17, 15) is 0 Å².